The summed E-state index contributed by atoms with van der Waals surface area (Å²) in [6, 6.07) is 13.0. The molecule has 0 spiro atoms. The third-order valence-electron chi connectivity index (χ3n) is 5.25. The van der Waals surface area contributed by atoms with Crippen LogP contribution in [0.4, 0.5) is 17.1 Å². The molecule has 30 heavy (non-hydrogen) atoms. The summed E-state index contributed by atoms with van der Waals surface area (Å²) < 4.78 is 4.97. The minimum atomic E-state index is -0.465. The summed E-state index contributed by atoms with van der Waals surface area (Å²) in [5.41, 5.74) is 2.98. The Morgan fingerprint density at radius 3 is 2.60 bits per heavy atom. The van der Waals surface area contributed by atoms with E-state index in [4.69, 9.17) is 4.74 Å². The van der Waals surface area contributed by atoms with Crippen molar-refractivity contribution in [3.05, 3.63) is 63.7 Å². The molecule has 0 atom stereocenters. The van der Waals surface area contributed by atoms with Gasteiger partial charge in [0.2, 0.25) is 0 Å². The Kier molecular flexibility index (Phi) is 7.24. The molecule has 0 radical (unpaired) electrons. The van der Waals surface area contributed by atoms with Crippen LogP contribution in [0, 0.1) is 17.0 Å². The fourth-order valence-electron chi connectivity index (χ4n) is 3.57. The molecule has 1 N–H and O–H groups in total. The van der Waals surface area contributed by atoms with Gasteiger partial charge in [-0.1, -0.05) is 17.7 Å². The fraction of sp³-hybridized carbons (Fsp3) is 0.409. The van der Waals surface area contributed by atoms with Gasteiger partial charge in [-0.25, -0.2) is 0 Å². The molecule has 160 valence electrons. The molecule has 1 saturated heterocycles. The van der Waals surface area contributed by atoms with Crippen molar-refractivity contribution in [2.45, 2.75) is 13.3 Å². The molecule has 2 aromatic carbocycles. The third-order valence-corrected chi connectivity index (χ3v) is 5.25. The summed E-state index contributed by atoms with van der Waals surface area (Å²) in [6.07, 6.45) is 0.846. The number of hydrogen-bond acceptors (Lipinski definition) is 6. The van der Waals surface area contributed by atoms with Crippen molar-refractivity contribution in [2.75, 3.05) is 56.7 Å². The molecular formula is C22H28N4O4. The number of nitrogens with zero attached hydrogens (tertiary/aromatic N) is 3. The van der Waals surface area contributed by atoms with Crippen LogP contribution in [0.5, 0.6) is 0 Å². The van der Waals surface area contributed by atoms with Crippen molar-refractivity contribution in [1.29, 1.82) is 0 Å². The number of hydrogen-bond donors (Lipinski definition) is 1. The lowest BCUT2D eigenvalue weighted by Crippen LogP contribution is -2.35. The predicted octanol–water partition coefficient (Wildman–Crippen LogP) is 3.31. The van der Waals surface area contributed by atoms with Crippen LogP contribution in [0.15, 0.2) is 42.5 Å². The van der Waals surface area contributed by atoms with Crippen molar-refractivity contribution < 1.29 is 14.5 Å². The van der Waals surface area contributed by atoms with E-state index in [0.717, 1.165) is 25.2 Å². The molecule has 0 unspecified atom stereocenters. The molecule has 2 aromatic rings. The number of nitro benzene ring substituents is 1. The zero-order chi connectivity index (χ0) is 21.5. The molecule has 0 bridgehead atoms. The van der Waals surface area contributed by atoms with Crippen molar-refractivity contribution in [1.82, 2.24) is 4.90 Å². The summed E-state index contributed by atoms with van der Waals surface area (Å²) in [5.74, 6) is -0.174. The minimum absolute atomic E-state index is 0.104. The second kappa shape index (κ2) is 10.1. The highest BCUT2D eigenvalue weighted by molar-refractivity contribution is 5.95. The Bertz CT molecular complexity index is 885. The first kappa shape index (κ1) is 21.6. The number of amides is 1. The SMILES string of the molecule is COCCNc1ccc(C(=O)N2CCCN(c3ccc(C)cc3)CC2)cc1[N+](=O)[O-]. The van der Waals surface area contributed by atoms with Crippen LogP contribution in [0.3, 0.4) is 0 Å². The Morgan fingerprint density at radius 2 is 1.90 bits per heavy atom. The van der Waals surface area contributed by atoms with E-state index in [-0.39, 0.29) is 11.6 Å². The number of anilines is 2. The van der Waals surface area contributed by atoms with Gasteiger partial charge in [0.1, 0.15) is 5.69 Å². The number of nitrogens with one attached hydrogen (secondary N) is 1. The van der Waals surface area contributed by atoms with Crippen molar-refractivity contribution in [3.8, 4) is 0 Å². The number of carbonyl (C=O) groups excluding carboxylic acids is 1. The lowest BCUT2D eigenvalue weighted by molar-refractivity contribution is -0.384. The molecule has 8 heteroatoms. The average Bonchev–Trinajstić information content (AvgIpc) is 3.00. The van der Waals surface area contributed by atoms with Gasteiger partial charge in [0.05, 0.1) is 11.5 Å². The number of ether oxygens (including phenoxy) is 1. The van der Waals surface area contributed by atoms with Gasteiger partial charge in [-0.2, -0.15) is 0 Å². The molecule has 1 fully saturated rings. The Morgan fingerprint density at radius 1 is 1.13 bits per heavy atom. The Hall–Kier alpha value is -3.13. The topological polar surface area (TPSA) is 88.0 Å². The first-order valence-electron chi connectivity index (χ1n) is 10.1. The summed E-state index contributed by atoms with van der Waals surface area (Å²) in [5, 5.41) is 14.5. The smallest absolute Gasteiger partial charge is 0.293 e. The summed E-state index contributed by atoms with van der Waals surface area (Å²) in [4.78, 5) is 28.1. The summed E-state index contributed by atoms with van der Waals surface area (Å²) >= 11 is 0. The maximum atomic E-state index is 13.0. The zero-order valence-electron chi connectivity index (χ0n) is 17.5. The summed E-state index contributed by atoms with van der Waals surface area (Å²) in [7, 11) is 1.57. The highest BCUT2D eigenvalue weighted by Gasteiger charge is 2.23. The van der Waals surface area contributed by atoms with Gasteiger partial charge in [-0.3, -0.25) is 14.9 Å². The highest BCUT2D eigenvalue weighted by atomic mass is 16.6. The van der Waals surface area contributed by atoms with Crippen molar-refractivity contribution >= 4 is 23.0 Å². The van der Waals surface area contributed by atoms with Crippen LogP contribution < -0.4 is 10.2 Å². The van der Waals surface area contributed by atoms with Gasteiger partial charge in [-0.15, -0.1) is 0 Å². The second-order valence-electron chi connectivity index (χ2n) is 7.38. The average molecular weight is 412 g/mol. The molecule has 0 aliphatic carbocycles. The van der Waals surface area contributed by atoms with Crippen LogP contribution in [0.2, 0.25) is 0 Å². The number of benzene rings is 2. The largest absolute Gasteiger partial charge is 0.383 e. The quantitative estimate of drug-likeness (QED) is 0.426. The van der Waals surface area contributed by atoms with E-state index in [9.17, 15) is 14.9 Å². The number of aryl methyl sites for hydroxylation is 1. The highest BCUT2D eigenvalue weighted by Crippen LogP contribution is 2.26. The summed E-state index contributed by atoms with van der Waals surface area (Å²) in [6.45, 7) is 5.75. The number of methoxy groups -OCH3 is 1. The number of carbonyl (C=O) groups is 1. The normalized spacial score (nSPS) is 14.3. The molecule has 1 aliphatic rings. The molecule has 1 amide bonds. The van der Waals surface area contributed by atoms with E-state index >= 15 is 0 Å². The van der Waals surface area contributed by atoms with E-state index in [0.29, 0.717) is 37.5 Å². The Balaban J connectivity index is 1.70. The number of rotatable bonds is 7. The van der Waals surface area contributed by atoms with Crippen LogP contribution >= 0.6 is 0 Å². The van der Waals surface area contributed by atoms with E-state index in [1.54, 1.807) is 24.1 Å². The molecule has 8 nitrogen and oxygen atoms in total. The number of nitro groups is 1. The van der Waals surface area contributed by atoms with Gasteiger partial charge in [-0.05, 0) is 37.6 Å². The van der Waals surface area contributed by atoms with Crippen LogP contribution in [-0.4, -0.2) is 62.2 Å². The van der Waals surface area contributed by atoms with E-state index in [1.807, 2.05) is 0 Å². The van der Waals surface area contributed by atoms with Gasteiger partial charge >= 0.3 is 0 Å². The Labute approximate surface area is 176 Å². The van der Waals surface area contributed by atoms with E-state index in [2.05, 4.69) is 41.4 Å². The third kappa shape index (κ3) is 5.27. The predicted molar refractivity (Wildman–Crippen MR) is 117 cm³/mol. The van der Waals surface area contributed by atoms with Crippen LogP contribution in [0.25, 0.3) is 0 Å². The monoisotopic (exact) mass is 412 g/mol. The second-order valence-corrected chi connectivity index (χ2v) is 7.38. The molecule has 0 aromatic heterocycles. The molecule has 0 saturated carbocycles. The first-order valence-corrected chi connectivity index (χ1v) is 10.1. The molecule has 1 aliphatic heterocycles. The van der Waals surface area contributed by atoms with E-state index in [1.165, 1.54) is 11.6 Å². The van der Waals surface area contributed by atoms with Gasteiger partial charge in [0.15, 0.2) is 0 Å². The van der Waals surface area contributed by atoms with Crippen molar-refractivity contribution in [2.24, 2.45) is 0 Å². The van der Waals surface area contributed by atoms with Gasteiger partial charge in [0, 0.05) is 57.2 Å². The molecular weight excluding hydrogens is 384 g/mol. The fourth-order valence-corrected chi connectivity index (χ4v) is 3.57. The van der Waals surface area contributed by atoms with Crippen LogP contribution in [0.1, 0.15) is 22.3 Å². The van der Waals surface area contributed by atoms with Gasteiger partial charge < -0.3 is 19.9 Å². The first-order chi connectivity index (χ1) is 14.5. The maximum absolute atomic E-state index is 13.0. The molecule has 1 heterocycles. The standard InChI is InChI=1S/C22H28N4O4/c1-17-4-7-19(8-5-17)24-11-3-12-25(14-13-24)22(27)18-6-9-20(23-10-15-30-2)21(16-18)26(28)29/h4-9,16,23H,3,10-15H2,1-2H3. The van der Waals surface area contributed by atoms with E-state index < -0.39 is 4.92 Å². The van der Waals surface area contributed by atoms with Crippen LogP contribution in [-0.2, 0) is 4.74 Å². The minimum Gasteiger partial charge on any atom is -0.383 e. The molecule has 3 rings (SSSR count). The van der Waals surface area contributed by atoms with Gasteiger partial charge in [0.25, 0.3) is 11.6 Å². The van der Waals surface area contributed by atoms with Crippen molar-refractivity contribution in [3.63, 3.8) is 0 Å². The lowest BCUT2D eigenvalue weighted by atomic mass is 10.1. The maximum Gasteiger partial charge on any atom is 0.293 e. The lowest BCUT2D eigenvalue weighted by Gasteiger charge is -2.24. The zero-order valence-corrected chi connectivity index (χ0v) is 17.5.